The third kappa shape index (κ3) is 5.77. The SMILES string of the molecule is COC(=O)CCN(CC(=O)N1CCCCC1C)CC1CCCO1. The lowest BCUT2D eigenvalue weighted by molar-refractivity contribution is -0.142. The van der Waals surface area contributed by atoms with Crippen LogP contribution in [-0.2, 0) is 19.1 Å². The van der Waals surface area contributed by atoms with Gasteiger partial charge >= 0.3 is 5.97 Å². The van der Waals surface area contributed by atoms with E-state index in [0.29, 0.717) is 32.1 Å². The zero-order valence-electron chi connectivity index (χ0n) is 14.5. The molecule has 2 aliphatic heterocycles. The average molecular weight is 326 g/mol. The normalized spacial score (nSPS) is 24.9. The number of nitrogens with zero attached hydrogens (tertiary/aromatic N) is 2. The molecule has 6 nitrogen and oxygen atoms in total. The molecule has 2 aliphatic rings. The zero-order valence-corrected chi connectivity index (χ0v) is 14.5. The van der Waals surface area contributed by atoms with Crippen LogP contribution in [-0.4, -0.2) is 73.7 Å². The maximum atomic E-state index is 12.6. The van der Waals surface area contributed by atoms with Crippen molar-refractivity contribution in [2.24, 2.45) is 0 Å². The fourth-order valence-corrected chi connectivity index (χ4v) is 3.41. The molecule has 2 saturated heterocycles. The van der Waals surface area contributed by atoms with Crippen LogP contribution in [0.5, 0.6) is 0 Å². The number of carbonyl (C=O) groups is 2. The van der Waals surface area contributed by atoms with Crippen molar-refractivity contribution in [1.29, 1.82) is 0 Å². The molecule has 0 bridgehead atoms. The molecule has 0 radical (unpaired) electrons. The summed E-state index contributed by atoms with van der Waals surface area (Å²) in [5.41, 5.74) is 0. The van der Waals surface area contributed by atoms with Crippen molar-refractivity contribution in [3.63, 3.8) is 0 Å². The first kappa shape index (κ1) is 18.2. The fraction of sp³-hybridized carbons (Fsp3) is 0.882. The standard InChI is InChI=1S/C17H30N2O4/c1-14-6-3-4-9-19(14)16(20)13-18(10-8-17(21)22-2)12-15-7-5-11-23-15/h14-15H,3-13H2,1-2H3. The number of piperidine rings is 1. The van der Waals surface area contributed by atoms with Crippen LogP contribution >= 0.6 is 0 Å². The van der Waals surface area contributed by atoms with Gasteiger partial charge in [0.2, 0.25) is 5.91 Å². The Labute approximate surface area is 139 Å². The highest BCUT2D eigenvalue weighted by atomic mass is 16.5. The molecule has 0 aromatic heterocycles. The van der Waals surface area contributed by atoms with Crippen molar-refractivity contribution in [2.45, 2.75) is 57.6 Å². The molecule has 23 heavy (non-hydrogen) atoms. The van der Waals surface area contributed by atoms with Gasteiger partial charge in [0.05, 0.1) is 26.2 Å². The van der Waals surface area contributed by atoms with Gasteiger partial charge in [-0.05, 0) is 39.0 Å². The number of methoxy groups -OCH3 is 1. The van der Waals surface area contributed by atoms with Gasteiger partial charge in [-0.2, -0.15) is 0 Å². The molecule has 0 spiro atoms. The number of carbonyl (C=O) groups excluding carboxylic acids is 2. The lowest BCUT2D eigenvalue weighted by Crippen LogP contribution is -2.48. The fourth-order valence-electron chi connectivity index (χ4n) is 3.41. The maximum Gasteiger partial charge on any atom is 0.306 e. The quantitative estimate of drug-likeness (QED) is 0.663. The summed E-state index contributed by atoms with van der Waals surface area (Å²) >= 11 is 0. The topological polar surface area (TPSA) is 59.1 Å². The molecule has 0 saturated carbocycles. The molecular weight excluding hydrogens is 296 g/mol. The number of rotatable bonds is 7. The lowest BCUT2D eigenvalue weighted by Gasteiger charge is -2.35. The second-order valence-corrected chi connectivity index (χ2v) is 6.63. The van der Waals surface area contributed by atoms with E-state index in [1.807, 2.05) is 4.90 Å². The van der Waals surface area contributed by atoms with Crippen molar-refractivity contribution < 1.29 is 19.1 Å². The summed E-state index contributed by atoms with van der Waals surface area (Å²) in [5.74, 6) is -0.0683. The third-order valence-corrected chi connectivity index (χ3v) is 4.83. The largest absolute Gasteiger partial charge is 0.469 e. The molecule has 0 N–H and O–H groups in total. The van der Waals surface area contributed by atoms with Crippen molar-refractivity contribution >= 4 is 11.9 Å². The van der Waals surface area contributed by atoms with Crippen LogP contribution in [0.4, 0.5) is 0 Å². The number of hydrogen-bond acceptors (Lipinski definition) is 5. The number of amides is 1. The molecule has 2 rings (SSSR count). The average Bonchev–Trinajstić information content (AvgIpc) is 3.05. The summed E-state index contributed by atoms with van der Waals surface area (Å²) < 4.78 is 10.4. The highest BCUT2D eigenvalue weighted by molar-refractivity contribution is 5.78. The summed E-state index contributed by atoms with van der Waals surface area (Å²) in [5, 5.41) is 0. The minimum absolute atomic E-state index is 0.167. The molecular formula is C17H30N2O4. The van der Waals surface area contributed by atoms with Gasteiger partial charge in [0.25, 0.3) is 0 Å². The van der Waals surface area contributed by atoms with Gasteiger partial charge in [0.15, 0.2) is 0 Å². The van der Waals surface area contributed by atoms with Crippen LogP contribution in [0.25, 0.3) is 0 Å². The van der Waals surface area contributed by atoms with E-state index < -0.39 is 0 Å². The van der Waals surface area contributed by atoms with Crippen molar-refractivity contribution in [3.05, 3.63) is 0 Å². The van der Waals surface area contributed by atoms with Gasteiger partial charge in [-0.25, -0.2) is 0 Å². The van der Waals surface area contributed by atoms with E-state index in [4.69, 9.17) is 9.47 Å². The Hall–Kier alpha value is -1.14. The number of esters is 1. The second kappa shape index (κ2) is 9.23. The summed E-state index contributed by atoms with van der Waals surface area (Å²) in [4.78, 5) is 28.1. The Bertz CT molecular complexity index is 396. The molecule has 2 unspecified atom stereocenters. The van der Waals surface area contributed by atoms with Crippen LogP contribution in [0.2, 0.25) is 0 Å². The van der Waals surface area contributed by atoms with Crippen molar-refractivity contribution in [2.75, 3.05) is 39.9 Å². The van der Waals surface area contributed by atoms with E-state index in [0.717, 1.165) is 38.8 Å². The number of hydrogen-bond donors (Lipinski definition) is 0. The Morgan fingerprint density at radius 2 is 2.09 bits per heavy atom. The molecule has 2 heterocycles. The summed E-state index contributed by atoms with van der Waals surface area (Å²) in [6.07, 6.45) is 5.97. The van der Waals surface area contributed by atoms with E-state index in [2.05, 4.69) is 11.8 Å². The lowest BCUT2D eigenvalue weighted by atomic mass is 10.0. The first-order valence-electron chi connectivity index (χ1n) is 8.80. The first-order valence-corrected chi connectivity index (χ1v) is 8.80. The monoisotopic (exact) mass is 326 g/mol. The second-order valence-electron chi connectivity index (χ2n) is 6.63. The predicted octanol–water partition coefficient (Wildman–Crippen LogP) is 1.43. The molecule has 2 fully saturated rings. The van der Waals surface area contributed by atoms with Crippen LogP contribution in [0.1, 0.15) is 45.4 Å². The molecule has 0 aliphatic carbocycles. The van der Waals surface area contributed by atoms with Gasteiger partial charge in [-0.1, -0.05) is 0 Å². The first-order chi connectivity index (χ1) is 11.1. The van der Waals surface area contributed by atoms with E-state index in [1.54, 1.807) is 0 Å². The van der Waals surface area contributed by atoms with Crippen LogP contribution in [0.3, 0.4) is 0 Å². The molecule has 132 valence electrons. The minimum atomic E-state index is -0.235. The Kier molecular flexibility index (Phi) is 7.30. The minimum Gasteiger partial charge on any atom is -0.469 e. The van der Waals surface area contributed by atoms with E-state index >= 15 is 0 Å². The van der Waals surface area contributed by atoms with E-state index in [9.17, 15) is 9.59 Å². The van der Waals surface area contributed by atoms with Crippen LogP contribution < -0.4 is 0 Å². The Morgan fingerprint density at radius 3 is 2.74 bits per heavy atom. The molecule has 0 aromatic carbocycles. The Morgan fingerprint density at radius 1 is 1.26 bits per heavy atom. The highest BCUT2D eigenvalue weighted by Crippen LogP contribution is 2.18. The number of likely N-dealkylation sites (tertiary alicyclic amines) is 1. The molecule has 6 heteroatoms. The maximum absolute atomic E-state index is 12.6. The smallest absolute Gasteiger partial charge is 0.306 e. The predicted molar refractivity (Wildman–Crippen MR) is 87.1 cm³/mol. The van der Waals surface area contributed by atoms with Gasteiger partial charge in [-0.3, -0.25) is 14.5 Å². The Balaban J connectivity index is 1.88. The molecule has 1 amide bonds. The van der Waals surface area contributed by atoms with E-state index in [-0.39, 0.29) is 18.0 Å². The molecule has 2 atom stereocenters. The summed E-state index contributed by atoms with van der Waals surface area (Å²) in [7, 11) is 1.40. The van der Waals surface area contributed by atoms with Crippen LogP contribution in [0, 0.1) is 0 Å². The van der Waals surface area contributed by atoms with Gasteiger partial charge in [0, 0.05) is 32.3 Å². The summed E-state index contributed by atoms with van der Waals surface area (Å²) in [6.45, 7) is 5.39. The molecule has 0 aromatic rings. The van der Waals surface area contributed by atoms with Crippen LogP contribution in [0.15, 0.2) is 0 Å². The number of ether oxygens (including phenoxy) is 2. The van der Waals surface area contributed by atoms with Gasteiger partial charge in [-0.15, -0.1) is 0 Å². The highest BCUT2D eigenvalue weighted by Gasteiger charge is 2.26. The van der Waals surface area contributed by atoms with Crippen molar-refractivity contribution in [1.82, 2.24) is 9.80 Å². The zero-order chi connectivity index (χ0) is 16.7. The third-order valence-electron chi connectivity index (χ3n) is 4.83. The summed E-state index contributed by atoms with van der Waals surface area (Å²) in [6, 6.07) is 0.321. The van der Waals surface area contributed by atoms with Crippen molar-refractivity contribution in [3.8, 4) is 0 Å². The van der Waals surface area contributed by atoms with Gasteiger partial charge in [0.1, 0.15) is 0 Å². The van der Waals surface area contributed by atoms with Gasteiger partial charge < -0.3 is 14.4 Å². The van der Waals surface area contributed by atoms with E-state index in [1.165, 1.54) is 13.5 Å².